The Morgan fingerprint density at radius 3 is 1.71 bits per heavy atom. The zero-order valence-corrected chi connectivity index (χ0v) is 26.2. The summed E-state index contributed by atoms with van der Waals surface area (Å²) in [5, 5.41) is 11.1. The molecule has 4 rings (SSSR count). The molecule has 6 heteroatoms. The van der Waals surface area contributed by atoms with Crippen LogP contribution in [0.3, 0.4) is 0 Å². The van der Waals surface area contributed by atoms with Crippen molar-refractivity contribution in [2.75, 3.05) is 0 Å². The van der Waals surface area contributed by atoms with E-state index in [9.17, 15) is 14.7 Å². The van der Waals surface area contributed by atoms with Crippen molar-refractivity contribution in [3.63, 3.8) is 0 Å². The minimum Gasteiger partial charge on any atom is -0.462 e. The predicted octanol–water partition coefficient (Wildman–Crippen LogP) is 6.97. The Kier molecular flexibility index (Phi) is 11.3. The van der Waals surface area contributed by atoms with Crippen molar-refractivity contribution in [2.24, 2.45) is 47.3 Å². The fourth-order valence-electron chi connectivity index (χ4n) is 7.60. The first-order valence-electron chi connectivity index (χ1n) is 16.3. The topological polar surface area (TPSA) is 82.1 Å². The van der Waals surface area contributed by atoms with Crippen LogP contribution in [0.4, 0.5) is 0 Å². The average Bonchev–Trinajstić information content (AvgIpc) is 2.92. The number of carbonyl (C=O) groups is 2. The maximum atomic E-state index is 13.9. The molecular weight excluding hydrogens is 516 g/mol. The van der Waals surface area contributed by atoms with Gasteiger partial charge in [0.25, 0.3) is 0 Å². The van der Waals surface area contributed by atoms with E-state index in [0.717, 1.165) is 44.1 Å². The first kappa shape index (κ1) is 32.0. The molecular formula is C35H54O6. The third-order valence-electron chi connectivity index (χ3n) is 10.3. The molecule has 3 aliphatic carbocycles. The van der Waals surface area contributed by atoms with Crippen LogP contribution in [0.15, 0.2) is 30.3 Å². The SMILES string of the molecule is CC(C)[C@H]1CC[C@H](C)CC1OC(=O)[C@@H]1C[C@@H](O)[C@H](OCc2ccccc2)C[C@H]1C(=O)OC1C[C@@H](C)CC[C@@H]1C(C)C. The summed E-state index contributed by atoms with van der Waals surface area (Å²) < 4.78 is 18.7. The Morgan fingerprint density at radius 1 is 0.732 bits per heavy atom. The molecule has 10 atom stereocenters. The quantitative estimate of drug-likeness (QED) is 0.323. The van der Waals surface area contributed by atoms with Crippen molar-refractivity contribution in [1.29, 1.82) is 0 Å². The number of aliphatic hydroxyl groups is 1. The van der Waals surface area contributed by atoms with Gasteiger partial charge in [-0.3, -0.25) is 9.59 Å². The van der Waals surface area contributed by atoms with Crippen LogP contribution >= 0.6 is 0 Å². The van der Waals surface area contributed by atoms with Gasteiger partial charge in [-0.1, -0.05) is 84.7 Å². The molecule has 0 radical (unpaired) electrons. The van der Waals surface area contributed by atoms with E-state index in [4.69, 9.17) is 14.2 Å². The Labute approximate surface area is 247 Å². The third-order valence-corrected chi connectivity index (χ3v) is 10.3. The summed E-state index contributed by atoms with van der Waals surface area (Å²) in [4.78, 5) is 27.8. The number of carbonyl (C=O) groups excluding carboxylic acids is 2. The Morgan fingerprint density at radius 2 is 1.22 bits per heavy atom. The molecule has 0 bridgehead atoms. The number of esters is 2. The van der Waals surface area contributed by atoms with Crippen LogP contribution in [0.2, 0.25) is 0 Å². The summed E-state index contributed by atoms with van der Waals surface area (Å²) >= 11 is 0. The normalized spacial score (nSPS) is 36.2. The number of aliphatic hydroxyl groups excluding tert-OH is 1. The van der Waals surface area contributed by atoms with Crippen molar-refractivity contribution in [2.45, 2.75) is 124 Å². The molecule has 0 aliphatic heterocycles. The van der Waals surface area contributed by atoms with Crippen LogP contribution < -0.4 is 0 Å². The highest BCUT2D eigenvalue weighted by atomic mass is 16.6. The van der Waals surface area contributed by atoms with Gasteiger partial charge in [0.2, 0.25) is 0 Å². The van der Waals surface area contributed by atoms with E-state index < -0.39 is 24.0 Å². The first-order valence-corrected chi connectivity index (χ1v) is 16.3. The molecule has 0 saturated heterocycles. The molecule has 230 valence electrons. The standard InChI is InChI=1S/C35H54O6/c1-21(2)26-14-12-23(5)16-31(26)40-34(37)28-18-30(36)33(39-20-25-10-8-7-9-11-25)19-29(28)35(38)41-32-17-24(6)13-15-27(32)22(3)4/h7-11,21-24,26-33,36H,12-20H2,1-6H3/t23-,24-,26+,27+,28+,29+,30+,31?,32?,33+/m0/s1. The molecule has 3 saturated carbocycles. The van der Waals surface area contributed by atoms with Crippen LogP contribution in [0.1, 0.15) is 98.5 Å². The lowest BCUT2D eigenvalue weighted by Gasteiger charge is -2.41. The molecule has 41 heavy (non-hydrogen) atoms. The van der Waals surface area contributed by atoms with E-state index >= 15 is 0 Å². The van der Waals surface area contributed by atoms with E-state index in [1.807, 2.05) is 30.3 Å². The molecule has 6 nitrogen and oxygen atoms in total. The average molecular weight is 571 g/mol. The summed E-state index contributed by atoms with van der Waals surface area (Å²) in [6.07, 6.45) is 4.74. The van der Waals surface area contributed by atoms with Gasteiger partial charge in [-0.05, 0) is 79.6 Å². The van der Waals surface area contributed by atoms with E-state index in [2.05, 4.69) is 41.5 Å². The van der Waals surface area contributed by atoms with E-state index in [1.165, 1.54) is 0 Å². The van der Waals surface area contributed by atoms with Crippen molar-refractivity contribution in [3.8, 4) is 0 Å². The fraction of sp³-hybridized carbons (Fsp3) is 0.771. The minimum absolute atomic E-state index is 0.140. The van der Waals surface area contributed by atoms with Gasteiger partial charge in [0.15, 0.2) is 0 Å². The summed E-state index contributed by atoms with van der Waals surface area (Å²) in [5.74, 6) is 0.309. The number of rotatable bonds is 9. The molecule has 3 aliphatic rings. The van der Waals surface area contributed by atoms with Gasteiger partial charge in [0.05, 0.1) is 30.7 Å². The zero-order chi connectivity index (χ0) is 29.7. The smallest absolute Gasteiger partial charge is 0.310 e. The lowest BCUT2D eigenvalue weighted by molar-refractivity contribution is -0.184. The van der Waals surface area contributed by atoms with Gasteiger partial charge in [-0.25, -0.2) is 0 Å². The van der Waals surface area contributed by atoms with Crippen LogP contribution in [0.25, 0.3) is 0 Å². The van der Waals surface area contributed by atoms with Gasteiger partial charge in [-0.2, -0.15) is 0 Å². The Bertz CT molecular complexity index is 976. The van der Waals surface area contributed by atoms with Crippen molar-refractivity contribution < 1.29 is 28.9 Å². The molecule has 0 spiro atoms. The summed E-state index contributed by atoms with van der Waals surface area (Å²) in [7, 11) is 0. The Hall–Kier alpha value is -1.92. The first-order chi connectivity index (χ1) is 19.5. The maximum absolute atomic E-state index is 13.9. The van der Waals surface area contributed by atoms with Crippen LogP contribution in [0.5, 0.6) is 0 Å². The van der Waals surface area contributed by atoms with Gasteiger partial charge >= 0.3 is 11.9 Å². The molecule has 2 unspecified atom stereocenters. The van der Waals surface area contributed by atoms with Gasteiger partial charge in [0, 0.05) is 0 Å². The second-order valence-electron chi connectivity index (χ2n) is 14.2. The predicted molar refractivity (Wildman–Crippen MR) is 160 cm³/mol. The van der Waals surface area contributed by atoms with E-state index in [-0.39, 0.29) is 37.0 Å². The molecule has 0 aromatic heterocycles. The van der Waals surface area contributed by atoms with Gasteiger partial charge in [-0.15, -0.1) is 0 Å². The monoisotopic (exact) mass is 570 g/mol. The molecule has 1 aromatic rings. The van der Waals surface area contributed by atoms with Crippen LogP contribution in [-0.4, -0.2) is 41.5 Å². The van der Waals surface area contributed by atoms with Crippen LogP contribution in [0, 0.1) is 47.3 Å². The zero-order valence-electron chi connectivity index (χ0n) is 26.2. The van der Waals surface area contributed by atoms with Gasteiger partial charge < -0.3 is 19.3 Å². The largest absolute Gasteiger partial charge is 0.462 e. The Balaban J connectivity index is 1.52. The molecule has 1 N–H and O–H groups in total. The summed E-state index contributed by atoms with van der Waals surface area (Å²) in [6, 6.07) is 9.82. The lowest BCUT2D eigenvalue weighted by atomic mass is 9.74. The van der Waals surface area contributed by atoms with Crippen LogP contribution in [-0.2, 0) is 30.4 Å². The fourth-order valence-corrected chi connectivity index (χ4v) is 7.60. The van der Waals surface area contributed by atoms with Crippen molar-refractivity contribution >= 4 is 11.9 Å². The number of benzene rings is 1. The third kappa shape index (κ3) is 8.34. The molecule has 3 fully saturated rings. The lowest BCUT2D eigenvalue weighted by Crippen LogP contribution is -2.49. The highest BCUT2D eigenvalue weighted by Crippen LogP contribution is 2.41. The van der Waals surface area contributed by atoms with Crippen molar-refractivity contribution in [3.05, 3.63) is 35.9 Å². The number of hydrogen-bond acceptors (Lipinski definition) is 6. The van der Waals surface area contributed by atoms with Crippen molar-refractivity contribution in [1.82, 2.24) is 0 Å². The second-order valence-corrected chi connectivity index (χ2v) is 14.2. The molecule has 0 heterocycles. The van der Waals surface area contributed by atoms with Gasteiger partial charge in [0.1, 0.15) is 12.2 Å². The highest BCUT2D eigenvalue weighted by Gasteiger charge is 2.48. The second kappa shape index (κ2) is 14.5. The highest BCUT2D eigenvalue weighted by molar-refractivity contribution is 5.82. The molecule has 0 amide bonds. The molecule has 1 aromatic carbocycles. The number of hydrogen-bond donors (Lipinski definition) is 1. The maximum Gasteiger partial charge on any atom is 0.310 e. The van der Waals surface area contributed by atoms with E-state index in [0.29, 0.717) is 42.1 Å². The summed E-state index contributed by atoms with van der Waals surface area (Å²) in [6.45, 7) is 13.6. The van der Waals surface area contributed by atoms with E-state index in [1.54, 1.807) is 0 Å². The summed E-state index contributed by atoms with van der Waals surface area (Å²) in [5.41, 5.74) is 1.00. The number of ether oxygens (including phenoxy) is 3. The minimum atomic E-state index is -0.857.